The Morgan fingerprint density at radius 2 is 1.81 bits per heavy atom. The van der Waals surface area contributed by atoms with E-state index in [1.807, 2.05) is 30.5 Å². The van der Waals surface area contributed by atoms with E-state index in [-0.39, 0.29) is 11.8 Å². The van der Waals surface area contributed by atoms with E-state index in [9.17, 15) is 9.59 Å². The molecule has 7 nitrogen and oxygen atoms in total. The van der Waals surface area contributed by atoms with Gasteiger partial charge in [0.1, 0.15) is 0 Å². The molecule has 7 heteroatoms. The first kappa shape index (κ1) is 18.2. The van der Waals surface area contributed by atoms with E-state index in [4.69, 9.17) is 5.73 Å². The van der Waals surface area contributed by atoms with Crippen LogP contribution < -0.4 is 16.4 Å². The molecular formula is C20H21N5O2. The van der Waals surface area contributed by atoms with Gasteiger partial charge in [0.15, 0.2) is 0 Å². The molecular weight excluding hydrogens is 342 g/mol. The minimum Gasteiger partial charge on any atom is -0.397 e. The summed E-state index contributed by atoms with van der Waals surface area (Å²) in [6.07, 6.45) is 3.83. The molecule has 0 saturated carbocycles. The quantitative estimate of drug-likeness (QED) is 0.583. The number of hydrogen-bond acceptors (Lipinski definition) is 4. The number of nitrogen functional groups attached to an aromatic ring is 1. The minimum atomic E-state index is -0.216. The number of aromatic nitrogens is 2. The summed E-state index contributed by atoms with van der Waals surface area (Å²) in [7, 11) is 1.61. The van der Waals surface area contributed by atoms with Crippen LogP contribution in [-0.4, -0.2) is 28.6 Å². The predicted octanol–water partition coefficient (Wildman–Crippen LogP) is 2.05. The first-order valence-corrected chi connectivity index (χ1v) is 8.52. The molecule has 2 aromatic carbocycles. The molecule has 0 unspecified atom stereocenters. The zero-order valence-corrected chi connectivity index (χ0v) is 15.0. The average molecular weight is 363 g/mol. The van der Waals surface area contributed by atoms with Crippen LogP contribution in [0.15, 0.2) is 60.9 Å². The van der Waals surface area contributed by atoms with Crippen molar-refractivity contribution in [2.75, 3.05) is 18.1 Å². The molecule has 0 aliphatic rings. The smallest absolute Gasteiger partial charge is 0.255 e. The number of likely N-dealkylation sites (N-methyl/N-ethyl adjacent to an activating group) is 1. The standard InChI is InChI=1S/C20H21N5O2/c1-22-19(26)10-15-11-23-25(13-15)12-14-6-8-16(9-7-14)20(27)24-18-5-3-2-4-17(18)21/h2-9,11,13H,10,12,21H2,1H3,(H,22,26)(H,24,27). The number of anilines is 2. The van der Waals surface area contributed by atoms with Crippen LogP contribution in [0.25, 0.3) is 0 Å². The molecule has 1 heterocycles. The first-order valence-electron chi connectivity index (χ1n) is 8.52. The SMILES string of the molecule is CNC(=O)Cc1cnn(Cc2ccc(C(=O)Nc3ccccc3N)cc2)c1. The molecule has 0 aliphatic carbocycles. The Balaban J connectivity index is 1.62. The number of nitrogens with two attached hydrogens (primary N) is 1. The van der Waals surface area contributed by atoms with Crippen LogP contribution in [0.3, 0.4) is 0 Å². The molecule has 0 radical (unpaired) electrons. The molecule has 0 fully saturated rings. The second-order valence-corrected chi connectivity index (χ2v) is 6.13. The molecule has 4 N–H and O–H groups in total. The van der Waals surface area contributed by atoms with E-state index in [1.54, 1.807) is 42.2 Å². The highest BCUT2D eigenvalue weighted by Gasteiger charge is 2.09. The first-order chi connectivity index (χ1) is 13.0. The molecule has 3 aromatic rings. The van der Waals surface area contributed by atoms with Gasteiger partial charge in [-0.25, -0.2) is 0 Å². The van der Waals surface area contributed by atoms with Crippen molar-refractivity contribution in [3.05, 3.63) is 77.6 Å². The van der Waals surface area contributed by atoms with Gasteiger partial charge in [0.2, 0.25) is 5.91 Å². The van der Waals surface area contributed by atoms with Crippen molar-refractivity contribution in [3.63, 3.8) is 0 Å². The summed E-state index contributed by atoms with van der Waals surface area (Å²) in [5, 5.41) is 9.66. The van der Waals surface area contributed by atoms with Gasteiger partial charge in [-0.05, 0) is 35.4 Å². The highest BCUT2D eigenvalue weighted by molar-refractivity contribution is 6.05. The van der Waals surface area contributed by atoms with E-state index < -0.39 is 0 Å². The predicted molar refractivity (Wildman–Crippen MR) is 104 cm³/mol. The maximum absolute atomic E-state index is 12.3. The van der Waals surface area contributed by atoms with Crippen molar-refractivity contribution in [2.45, 2.75) is 13.0 Å². The van der Waals surface area contributed by atoms with Crippen molar-refractivity contribution >= 4 is 23.2 Å². The number of amides is 2. The fourth-order valence-electron chi connectivity index (χ4n) is 2.61. The molecule has 0 atom stereocenters. The summed E-state index contributed by atoms with van der Waals surface area (Å²) in [5.74, 6) is -0.268. The van der Waals surface area contributed by atoms with Gasteiger partial charge in [-0.1, -0.05) is 24.3 Å². The van der Waals surface area contributed by atoms with Gasteiger partial charge in [0, 0.05) is 18.8 Å². The number of benzene rings is 2. The number of carbonyl (C=O) groups is 2. The van der Waals surface area contributed by atoms with Crippen LogP contribution >= 0.6 is 0 Å². The Morgan fingerprint density at radius 1 is 1.07 bits per heavy atom. The summed E-state index contributed by atoms with van der Waals surface area (Å²) in [6.45, 7) is 0.557. The summed E-state index contributed by atoms with van der Waals surface area (Å²) in [4.78, 5) is 23.8. The van der Waals surface area contributed by atoms with Gasteiger partial charge in [-0.3, -0.25) is 14.3 Å². The van der Waals surface area contributed by atoms with E-state index in [2.05, 4.69) is 15.7 Å². The molecule has 1 aromatic heterocycles. The van der Waals surface area contributed by atoms with Crippen molar-refractivity contribution in [3.8, 4) is 0 Å². The van der Waals surface area contributed by atoms with Crippen LogP contribution in [0.4, 0.5) is 11.4 Å². The van der Waals surface area contributed by atoms with E-state index in [0.29, 0.717) is 29.9 Å². The topological polar surface area (TPSA) is 102 Å². The van der Waals surface area contributed by atoms with Crippen LogP contribution in [-0.2, 0) is 17.8 Å². The van der Waals surface area contributed by atoms with E-state index >= 15 is 0 Å². The third kappa shape index (κ3) is 4.72. The Kier molecular flexibility index (Phi) is 5.51. The molecule has 27 heavy (non-hydrogen) atoms. The average Bonchev–Trinajstić information content (AvgIpc) is 3.10. The van der Waals surface area contributed by atoms with E-state index in [1.165, 1.54) is 0 Å². The van der Waals surface area contributed by atoms with Crippen LogP contribution in [0.5, 0.6) is 0 Å². The zero-order chi connectivity index (χ0) is 19.2. The molecule has 0 aliphatic heterocycles. The lowest BCUT2D eigenvalue weighted by atomic mass is 10.1. The summed E-state index contributed by atoms with van der Waals surface area (Å²) in [5.41, 5.74) is 9.36. The van der Waals surface area contributed by atoms with Gasteiger partial charge >= 0.3 is 0 Å². The number of rotatable bonds is 6. The van der Waals surface area contributed by atoms with Crippen LogP contribution in [0.1, 0.15) is 21.5 Å². The molecule has 2 amide bonds. The minimum absolute atomic E-state index is 0.0519. The number of carbonyl (C=O) groups excluding carboxylic acids is 2. The lowest BCUT2D eigenvalue weighted by Gasteiger charge is -2.08. The maximum Gasteiger partial charge on any atom is 0.255 e. The fourth-order valence-corrected chi connectivity index (χ4v) is 2.61. The van der Waals surface area contributed by atoms with Crippen molar-refractivity contribution in [1.82, 2.24) is 15.1 Å². The highest BCUT2D eigenvalue weighted by atomic mass is 16.2. The number of nitrogens with zero attached hydrogens (tertiary/aromatic N) is 2. The molecule has 3 rings (SSSR count). The van der Waals surface area contributed by atoms with Crippen molar-refractivity contribution in [1.29, 1.82) is 0 Å². The fraction of sp³-hybridized carbons (Fsp3) is 0.150. The third-order valence-corrected chi connectivity index (χ3v) is 4.10. The Labute approximate surface area is 157 Å². The molecule has 0 bridgehead atoms. The summed E-state index contributed by atoms with van der Waals surface area (Å²) in [6, 6.07) is 14.4. The largest absolute Gasteiger partial charge is 0.397 e. The second kappa shape index (κ2) is 8.18. The van der Waals surface area contributed by atoms with Gasteiger partial charge in [-0.15, -0.1) is 0 Å². The van der Waals surface area contributed by atoms with Gasteiger partial charge in [-0.2, -0.15) is 5.10 Å². The Bertz CT molecular complexity index is 947. The summed E-state index contributed by atoms with van der Waals surface area (Å²) >= 11 is 0. The van der Waals surface area contributed by atoms with Crippen LogP contribution in [0.2, 0.25) is 0 Å². The van der Waals surface area contributed by atoms with Gasteiger partial charge in [0.05, 0.1) is 30.5 Å². The molecule has 0 saturated heterocycles. The monoisotopic (exact) mass is 363 g/mol. The van der Waals surface area contributed by atoms with Crippen molar-refractivity contribution < 1.29 is 9.59 Å². The lowest BCUT2D eigenvalue weighted by molar-refractivity contribution is -0.119. The number of para-hydroxylation sites is 2. The zero-order valence-electron chi connectivity index (χ0n) is 15.0. The normalized spacial score (nSPS) is 10.4. The lowest BCUT2D eigenvalue weighted by Crippen LogP contribution is -2.19. The van der Waals surface area contributed by atoms with E-state index in [0.717, 1.165) is 11.1 Å². The number of hydrogen-bond donors (Lipinski definition) is 3. The van der Waals surface area contributed by atoms with Crippen molar-refractivity contribution in [2.24, 2.45) is 0 Å². The number of nitrogens with one attached hydrogen (secondary N) is 2. The van der Waals surface area contributed by atoms with Gasteiger partial charge < -0.3 is 16.4 Å². The maximum atomic E-state index is 12.3. The van der Waals surface area contributed by atoms with Gasteiger partial charge in [0.25, 0.3) is 5.91 Å². The highest BCUT2D eigenvalue weighted by Crippen LogP contribution is 2.18. The second-order valence-electron chi connectivity index (χ2n) is 6.13. The molecule has 138 valence electrons. The van der Waals surface area contributed by atoms with Crippen LogP contribution in [0, 0.1) is 0 Å². The Hall–Kier alpha value is -3.61. The molecule has 0 spiro atoms. The summed E-state index contributed by atoms with van der Waals surface area (Å²) < 4.78 is 1.76. The Morgan fingerprint density at radius 3 is 2.52 bits per heavy atom. The third-order valence-electron chi connectivity index (χ3n) is 4.10.